The Labute approximate surface area is 219 Å². The number of ether oxygens (including phenoxy) is 3. The smallest absolute Gasteiger partial charge is 0.242 e. The summed E-state index contributed by atoms with van der Waals surface area (Å²) in [5, 5.41) is 2.02. The van der Waals surface area contributed by atoms with Crippen molar-refractivity contribution >= 4 is 23.2 Å². The first-order valence-electron chi connectivity index (χ1n) is 12.9. The standard InChI is InChI=1S/C28H40N2O5S/c1-4-35-17-8-15-30(28(32)23-9-5-6-10-23)21-27(31)29(20-24-11-7-18-36-24)16-14-22-12-13-25(33-2)26(19-22)34-3/h7,11-13,18-19,23H,4-6,8-10,14-17,20-21H2,1-3H3. The summed E-state index contributed by atoms with van der Waals surface area (Å²) >= 11 is 1.64. The van der Waals surface area contributed by atoms with Gasteiger partial charge in [0.2, 0.25) is 11.8 Å². The number of thiophene rings is 1. The fraction of sp³-hybridized carbons (Fsp3) is 0.571. The van der Waals surface area contributed by atoms with Gasteiger partial charge in [-0.1, -0.05) is 25.0 Å². The molecule has 0 saturated heterocycles. The van der Waals surface area contributed by atoms with Crippen LogP contribution < -0.4 is 9.47 Å². The van der Waals surface area contributed by atoms with Gasteiger partial charge in [-0.25, -0.2) is 0 Å². The molecule has 0 radical (unpaired) electrons. The highest BCUT2D eigenvalue weighted by atomic mass is 32.1. The Bertz CT molecular complexity index is 943. The Balaban J connectivity index is 1.70. The predicted octanol–water partition coefficient (Wildman–Crippen LogP) is 4.78. The van der Waals surface area contributed by atoms with E-state index in [0.29, 0.717) is 50.8 Å². The zero-order valence-corrected chi connectivity index (χ0v) is 22.7. The van der Waals surface area contributed by atoms with E-state index in [4.69, 9.17) is 14.2 Å². The first-order valence-corrected chi connectivity index (χ1v) is 13.8. The van der Waals surface area contributed by atoms with Crippen LogP contribution in [0.1, 0.15) is 49.5 Å². The Morgan fingerprint density at radius 1 is 1.03 bits per heavy atom. The van der Waals surface area contributed by atoms with Gasteiger partial charge >= 0.3 is 0 Å². The van der Waals surface area contributed by atoms with Crippen molar-refractivity contribution in [3.63, 3.8) is 0 Å². The van der Waals surface area contributed by atoms with Gasteiger partial charge < -0.3 is 24.0 Å². The number of hydrogen-bond acceptors (Lipinski definition) is 6. The van der Waals surface area contributed by atoms with Crippen molar-refractivity contribution in [2.75, 3.05) is 47.1 Å². The van der Waals surface area contributed by atoms with Crippen molar-refractivity contribution in [1.29, 1.82) is 0 Å². The van der Waals surface area contributed by atoms with Gasteiger partial charge in [0.25, 0.3) is 0 Å². The first kappa shape index (κ1) is 28.0. The molecule has 0 unspecified atom stereocenters. The molecular formula is C28H40N2O5S. The summed E-state index contributed by atoms with van der Waals surface area (Å²) in [7, 11) is 3.24. The molecule has 1 aliphatic carbocycles. The van der Waals surface area contributed by atoms with Crippen LogP contribution in [-0.4, -0.2) is 68.7 Å². The van der Waals surface area contributed by atoms with Crippen LogP contribution in [0.5, 0.6) is 11.5 Å². The molecule has 1 aromatic carbocycles. The minimum absolute atomic E-state index is 0.0216. The minimum Gasteiger partial charge on any atom is -0.493 e. The number of rotatable bonds is 15. The number of carbonyl (C=O) groups is 2. The van der Waals surface area contributed by atoms with E-state index in [0.717, 1.165) is 42.5 Å². The lowest BCUT2D eigenvalue weighted by Gasteiger charge is -2.29. The van der Waals surface area contributed by atoms with Gasteiger partial charge in [-0.2, -0.15) is 0 Å². The van der Waals surface area contributed by atoms with Gasteiger partial charge in [0.15, 0.2) is 11.5 Å². The van der Waals surface area contributed by atoms with E-state index in [1.165, 1.54) is 0 Å². The molecular weight excluding hydrogens is 476 g/mol. The Morgan fingerprint density at radius 3 is 2.47 bits per heavy atom. The van der Waals surface area contributed by atoms with Gasteiger partial charge in [-0.05, 0) is 61.7 Å². The zero-order valence-electron chi connectivity index (χ0n) is 21.9. The van der Waals surface area contributed by atoms with E-state index in [2.05, 4.69) is 0 Å². The summed E-state index contributed by atoms with van der Waals surface area (Å²) in [4.78, 5) is 31.7. The second-order valence-electron chi connectivity index (χ2n) is 9.13. The summed E-state index contributed by atoms with van der Waals surface area (Å²) in [6.07, 6.45) is 5.44. The average molecular weight is 517 g/mol. The van der Waals surface area contributed by atoms with Gasteiger partial charge in [0.05, 0.1) is 27.3 Å². The third-order valence-corrected chi connectivity index (χ3v) is 7.52. The second-order valence-corrected chi connectivity index (χ2v) is 10.2. The van der Waals surface area contributed by atoms with E-state index in [1.807, 2.05) is 47.5 Å². The molecule has 0 aliphatic heterocycles. The molecule has 0 spiro atoms. The number of methoxy groups -OCH3 is 2. The van der Waals surface area contributed by atoms with E-state index < -0.39 is 0 Å². The lowest BCUT2D eigenvalue weighted by Crippen LogP contribution is -2.45. The molecule has 1 heterocycles. The third kappa shape index (κ3) is 8.23. The van der Waals surface area contributed by atoms with Crippen molar-refractivity contribution in [2.24, 2.45) is 5.92 Å². The molecule has 0 N–H and O–H groups in total. The Morgan fingerprint density at radius 2 is 1.81 bits per heavy atom. The molecule has 1 saturated carbocycles. The van der Waals surface area contributed by atoms with E-state index in [1.54, 1.807) is 30.5 Å². The highest BCUT2D eigenvalue weighted by molar-refractivity contribution is 7.09. The van der Waals surface area contributed by atoms with Gasteiger partial charge in [-0.15, -0.1) is 11.3 Å². The number of hydrogen-bond donors (Lipinski definition) is 0. The summed E-state index contributed by atoms with van der Waals surface area (Å²) in [5.41, 5.74) is 1.06. The molecule has 198 valence electrons. The number of amides is 2. The maximum atomic E-state index is 13.6. The Hall–Kier alpha value is -2.58. The molecule has 2 aromatic rings. The number of nitrogens with zero attached hydrogens (tertiary/aromatic N) is 2. The van der Waals surface area contributed by atoms with Gasteiger partial charge in [-0.3, -0.25) is 9.59 Å². The normalized spacial score (nSPS) is 13.5. The van der Waals surface area contributed by atoms with Crippen LogP contribution in [0.2, 0.25) is 0 Å². The minimum atomic E-state index is -0.0216. The lowest BCUT2D eigenvalue weighted by atomic mass is 10.1. The van der Waals surface area contributed by atoms with Crippen LogP contribution in [0.15, 0.2) is 35.7 Å². The maximum absolute atomic E-state index is 13.6. The van der Waals surface area contributed by atoms with E-state index in [9.17, 15) is 9.59 Å². The molecule has 1 fully saturated rings. The van der Waals surface area contributed by atoms with Gasteiger partial charge in [0, 0.05) is 37.1 Å². The second kappa shape index (κ2) is 14.9. The SMILES string of the molecule is CCOCCCN(CC(=O)N(CCc1ccc(OC)c(OC)c1)Cc1cccs1)C(=O)C1CCCC1. The van der Waals surface area contributed by atoms with Crippen LogP contribution in [0, 0.1) is 5.92 Å². The van der Waals surface area contributed by atoms with Crippen LogP contribution in [-0.2, 0) is 27.3 Å². The van der Waals surface area contributed by atoms with Crippen molar-refractivity contribution < 1.29 is 23.8 Å². The summed E-state index contributed by atoms with van der Waals surface area (Å²) in [6.45, 7) is 4.95. The van der Waals surface area contributed by atoms with Crippen molar-refractivity contribution in [3.05, 3.63) is 46.2 Å². The highest BCUT2D eigenvalue weighted by Gasteiger charge is 2.29. The van der Waals surface area contributed by atoms with Crippen LogP contribution >= 0.6 is 11.3 Å². The zero-order chi connectivity index (χ0) is 25.8. The lowest BCUT2D eigenvalue weighted by molar-refractivity contribution is -0.143. The molecule has 0 bridgehead atoms. The largest absolute Gasteiger partial charge is 0.493 e. The quantitative estimate of drug-likeness (QED) is 0.319. The topological polar surface area (TPSA) is 68.3 Å². The molecule has 7 nitrogen and oxygen atoms in total. The molecule has 36 heavy (non-hydrogen) atoms. The summed E-state index contributed by atoms with van der Waals surface area (Å²) < 4.78 is 16.3. The predicted molar refractivity (Wildman–Crippen MR) is 143 cm³/mol. The average Bonchev–Trinajstić information content (AvgIpc) is 3.62. The van der Waals surface area contributed by atoms with Crippen molar-refractivity contribution in [1.82, 2.24) is 9.80 Å². The highest BCUT2D eigenvalue weighted by Crippen LogP contribution is 2.28. The molecule has 3 rings (SSSR count). The molecule has 8 heteroatoms. The fourth-order valence-corrected chi connectivity index (χ4v) is 5.37. The first-order chi connectivity index (χ1) is 17.5. The van der Waals surface area contributed by atoms with Crippen molar-refractivity contribution in [2.45, 2.75) is 52.0 Å². The fourth-order valence-electron chi connectivity index (χ4n) is 4.65. The van der Waals surface area contributed by atoms with E-state index >= 15 is 0 Å². The summed E-state index contributed by atoms with van der Waals surface area (Å²) in [6, 6.07) is 9.89. The van der Waals surface area contributed by atoms with Crippen LogP contribution in [0.4, 0.5) is 0 Å². The van der Waals surface area contributed by atoms with E-state index in [-0.39, 0.29) is 24.3 Å². The summed E-state index contributed by atoms with van der Waals surface area (Å²) in [5.74, 6) is 1.50. The van der Waals surface area contributed by atoms with Crippen molar-refractivity contribution in [3.8, 4) is 11.5 Å². The van der Waals surface area contributed by atoms with Crippen LogP contribution in [0.3, 0.4) is 0 Å². The number of carbonyl (C=O) groups excluding carboxylic acids is 2. The monoisotopic (exact) mass is 516 g/mol. The molecule has 1 aromatic heterocycles. The molecule has 1 aliphatic rings. The Kier molecular flexibility index (Phi) is 11.6. The maximum Gasteiger partial charge on any atom is 0.242 e. The third-order valence-electron chi connectivity index (χ3n) is 6.66. The van der Waals surface area contributed by atoms with Gasteiger partial charge in [0.1, 0.15) is 0 Å². The molecule has 2 amide bonds. The van der Waals surface area contributed by atoms with Crippen LogP contribution in [0.25, 0.3) is 0 Å². The number of benzene rings is 1. The molecule has 0 atom stereocenters.